The highest BCUT2D eigenvalue weighted by Crippen LogP contribution is 2.42. The molecule has 21 nitrogen and oxygen atoms in total. The minimum absolute atomic E-state index is 0.305. The molecule has 0 saturated carbocycles. The maximum atomic E-state index is 14.1. The molecule has 0 spiro atoms. The van der Waals surface area contributed by atoms with E-state index in [4.69, 9.17) is 38.4 Å². The van der Waals surface area contributed by atoms with Gasteiger partial charge in [0.1, 0.15) is 17.3 Å². The van der Waals surface area contributed by atoms with Crippen molar-refractivity contribution < 1.29 is 32.8 Å². The number of anilines is 5. The van der Waals surface area contributed by atoms with E-state index in [0.29, 0.717) is 76.2 Å². The second-order valence-electron chi connectivity index (χ2n) is 19.0. The number of nitrogens with zero attached hydrogens (tertiary/aromatic N) is 12. The summed E-state index contributed by atoms with van der Waals surface area (Å²) in [5, 5.41) is 10.0. The molecule has 0 bridgehead atoms. The van der Waals surface area contributed by atoms with E-state index in [-0.39, 0.29) is 5.82 Å². The second-order valence-corrected chi connectivity index (χ2v) is 19.0. The summed E-state index contributed by atoms with van der Waals surface area (Å²) in [6.45, 7) is 4.39. The fraction of sp³-hybridized carbons (Fsp3) is 0.175. The van der Waals surface area contributed by atoms with Gasteiger partial charge in [-0.2, -0.15) is 0 Å². The van der Waals surface area contributed by atoms with Crippen molar-refractivity contribution in [1.82, 2.24) is 53.1 Å². The Morgan fingerprint density at radius 3 is 1.53 bits per heavy atom. The molecule has 0 radical (unpaired) electrons. The Hall–Kier alpha value is -10.9. The Labute approximate surface area is 488 Å². The second kappa shape index (κ2) is 26.4. The van der Waals surface area contributed by atoms with Crippen molar-refractivity contribution in [3.05, 3.63) is 201 Å². The molecule has 9 heterocycles. The summed E-state index contributed by atoms with van der Waals surface area (Å²) >= 11 is 0. The van der Waals surface area contributed by atoms with Gasteiger partial charge in [-0.25, -0.2) is 34.3 Å². The number of imidazole rings is 3. The number of methoxy groups -OCH3 is 5. The largest absolute Gasteiger partial charge is 0.496 e. The molecule has 1 fully saturated rings. The van der Waals surface area contributed by atoms with Crippen LogP contribution in [0, 0.1) is 5.82 Å². The smallest absolute Gasteiger partial charge is 0.203 e. The number of benzene rings is 4. The first-order chi connectivity index (χ1) is 41.8. The molecule has 3 N–H and O–H groups in total. The fourth-order valence-corrected chi connectivity index (χ4v) is 9.57. The van der Waals surface area contributed by atoms with Gasteiger partial charge in [0.15, 0.2) is 45.9 Å². The number of hydrogen-bond acceptors (Lipinski definition) is 18. The number of nitrogens with one attached hydrogen (secondary N) is 3. The third kappa shape index (κ3) is 12.8. The van der Waals surface area contributed by atoms with Gasteiger partial charge in [-0.1, -0.05) is 30.3 Å². The highest BCUT2D eigenvalue weighted by atomic mass is 19.1. The Morgan fingerprint density at radius 2 is 1.00 bits per heavy atom. The van der Waals surface area contributed by atoms with Crippen molar-refractivity contribution in [2.45, 2.75) is 13.1 Å². The van der Waals surface area contributed by atoms with Gasteiger partial charge in [-0.15, -0.1) is 0 Å². The van der Waals surface area contributed by atoms with Crippen molar-refractivity contribution >= 4 is 45.8 Å². The first-order valence-electron chi connectivity index (χ1n) is 27.1. The van der Waals surface area contributed by atoms with Gasteiger partial charge in [0.05, 0.1) is 95.9 Å². The minimum Gasteiger partial charge on any atom is -0.496 e. The Bertz CT molecular complexity index is 4130. The zero-order valence-corrected chi connectivity index (χ0v) is 47.3. The highest BCUT2D eigenvalue weighted by molar-refractivity contribution is 5.79. The molecule has 8 aromatic heterocycles. The van der Waals surface area contributed by atoms with Crippen molar-refractivity contribution in [3.63, 3.8) is 0 Å². The molecule has 22 heteroatoms. The summed E-state index contributed by atoms with van der Waals surface area (Å²) in [5.41, 5.74) is 10.1. The van der Waals surface area contributed by atoms with Crippen LogP contribution in [0.25, 0.3) is 50.7 Å². The van der Waals surface area contributed by atoms with E-state index in [9.17, 15) is 4.39 Å². The maximum absolute atomic E-state index is 14.1. The molecule has 0 aliphatic carbocycles. The first-order valence-corrected chi connectivity index (χ1v) is 27.1. The van der Waals surface area contributed by atoms with Gasteiger partial charge in [0, 0.05) is 104 Å². The van der Waals surface area contributed by atoms with Crippen molar-refractivity contribution in [2.24, 2.45) is 0 Å². The number of halogens is 1. The standard InChI is InChI=1S/C24H25N5O3.C21H21N5O3.C18H14FN5/c1-30-20-4-3-5-21(31-2)22(20)19-16-29-11-10-25-24(29)23(27-19)26-17-6-8-18(9-7-17)28-12-14-32-15-13-28;1-27-17-10-14(11-18(28-2)19(17)29-3)16-13-26-9-8-23-21(26)20(25-16)24-12-15-6-4-5-7-22-15;19-15-7-2-1-6-14(15)16-12-24-10-9-21-18(24)17(23-16)22-11-13-5-3-4-8-20-13/h3-11,16H,12-15H2,1-2H3,(H,26,27);4-11,13H,12H2,1-3H3,(H,24,25);1-10,12H,11H2,(H,22,23). The predicted octanol–water partition coefficient (Wildman–Crippen LogP) is 11.0. The van der Waals surface area contributed by atoms with E-state index in [1.165, 1.54) is 11.8 Å². The normalized spacial score (nSPS) is 12.0. The molecule has 1 aliphatic heterocycles. The molecule has 0 amide bonds. The van der Waals surface area contributed by atoms with Crippen LogP contribution in [0.15, 0.2) is 183 Å². The van der Waals surface area contributed by atoms with E-state index >= 15 is 0 Å². The lowest BCUT2D eigenvalue weighted by molar-refractivity contribution is 0.122. The SMILES string of the molecule is COc1cc(-c2cn3ccnc3c(NCc3ccccn3)n2)cc(OC)c1OC.COc1cccc(OC)c1-c1cn2ccnc2c(Nc2ccc(N3CCOCC3)cc2)n1.Fc1ccccc1-c1cn2ccnc2c(NCc2ccccn2)n1. The molecule has 85 heavy (non-hydrogen) atoms. The number of morpholine rings is 1. The lowest BCUT2D eigenvalue weighted by Crippen LogP contribution is -2.36. The van der Waals surface area contributed by atoms with Gasteiger partial charge in [-0.3, -0.25) is 9.97 Å². The molecular weight excluding hydrogens is 1080 g/mol. The van der Waals surface area contributed by atoms with Crippen LogP contribution in [-0.2, 0) is 17.8 Å². The highest BCUT2D eigenvalue weighted by Gasteiger charge is 2.20. The molecule has 12 aromatic rings. The zero-order valence-electron chi connectivity index (χ0n) is 47.3. The molecular formula is C63H60FN15O6. The number of rotatable bonds is 17. The summed E-state index contributed by atoms with van der Waals surface area (Å²) in [6, 6.07) is 35.9. The number of aromatic nitrogens is 11. The third-order valence-corrected chi connectivity index (χ3v) is 13.7. The van der Waals surface area contributed by atoms with Crippen LogP contribution in [0.5, 0.6) is 28.7 Å². The van der Waals surface area contributed by atoms with Crippen LogP contribution >= 0.6 is 0 Å². The minimum atomic E-state index is -0.305. The van der Waals surface area contributed by atoms with Crippen LogP contribution in [0.2, 0.25) is 0 Å². The summed E-state index contributed by atoms with van der Waals surface area (Å²) < 4.78 is 52.8. The van der Waals surface area contributed by atoms with E-state index in [2.05, 4.69) is 75.0 Å². The Kier molecular flexibility index (Phi) is 17.4. The molecule has 1 saturated heterocycles. The van der Waals surface area contributed by atoms with E-state index in [0.717, 1.165) is 77.2 Å². The monoisotopic (exact) mass is 1140 g/mol. The average molecular weight is 1140 g/mol. The molecule has 0 unspecified atom stereocenters. The molecule has 1 aliphatic rings. The van der Waals surface area contributed by atoms with E-state index in [1.54, 1.807) is 90.9 Å². The van der Waals surface area contributed by atoms with Crippen LogP contribution in [-0.4, -0.2) is 115 Å². The third-order valence-electron chi connectivity index (χ3n) is 13.7. The van der Waals surface area contributed by atoms with Gasteiger partial charge in [0.25, 0.3) is 0 Å². The lowest BCUT2D eigenvalue weighted by atomic mass is 10.1. The molecule has 0 atom stereocenters. The maximum Gasteiger partial charge on any atom is 0.203 e. The average Bonchev–Trinajstić information content (AvgIpc) is 4.53. The summed E-state index contributed by atoms with van der Waals surface area (Å²) in [7, 11) is 8.04. The quantitative estimate of drug-likeness (QED) is 0.0774. The van der Waals surface area contributed by atoms with Gasteiger partial charge in [-0.05, 0) is 84.9 Å². The van der Waals surface area contributed by atoms with Crippen LogP contribution in [0.1, 0.15) is 11.4 Å². The van der Waals surface area contributed by atoms with Crippen LogP contribution < -0.4 is 44.5 Å². The lowest BCUT2D eigenvalue weighted by Gasteiger charge is -2.28. The molecule has 4 aromatic carbocycles. The van der Waals surface area contributed by atoms with Crippen molar-refractivity contribution in [1.29, 1.82) is 0 Å². The first kappa shape index (κ1) is 56.0. The van der Waals surface area contributed by atoms with Crippen LogP contribution in [0.4, 0.5) is 33.2 Å². The summed E-state index contributed by atoms with van der Waals surface area (Å²) in [6.07, 6.45) is 19.9. The van der Waals surface area contributed by atoms with Crippen molar-refractivity contribution in [3.8, 4) is 62.5 Å². The van der Waals surface area contributed by atoms with Crippen molar-refractivity contribution in [2.75, 3.05) is 82.7 Å². The van der Waals surface area contributed by atoms with Gasteiger partial charge < -0.3 is 62.5 Å². The molecule has 13 rings (SSSR count). The fourth-order valence-electron chi connectivity index (χ4n) is 9.57. The summed E-state index contributed by atoms with van der Waals surface area (Å²) in [5.74, 6) is 4.65. The van der Waals surface area contributed by atoms with E-state index < -0.39 is 0 Å². The van der Waals surface area contributed by atoms with Gasteiger partial charge >= 0.3 is 0 Å². The van der Waals surface area contributed by atoms with Gasteiger partial charge in [0.2, 0.25) is 5.75 Å². The Balaban J connectivity index is 0.000000134. The zero-order chi connectivity index (χ0) is 58.5. The number of pyridine rings is 2. The number of fused-ring (bicyclic) bond motifs is 3. The topological polar surface area (TPSA) is 211 Å². The Morgan fingerprint density at radius 1 is 0.494 bits per heavy atom. The van der Waals surface area contributed by atoms with E-state index in [1.807, 2.05) is 111 Å². The summed E-state index contributed by atoms with van der Waals surface area (Å²) in [4.78, 5) is 38.4. The molecule has 430 valence electrons. The predicted molar refractivity (Wildman–Crippen MR) is 324 cm³/mol. The van der Waals surface area contributed by atoms with Crippen LogP contribution in [0.3, 0.4) is 0 Å². The number of hydrogen-bond donors (Lipinski definition) is 3. The number of ether oxygens (including phenoxy) is 6.